The average molecular weight is 925 g/mol. The Labute approximate surface area is 411 Å². The molecule has 0 bridgehead atoms. The quantitative estimate of drug-likeness (QED) is 0.0262. The van der Waals surface area contributed by atoms with Crippen LogP contribution in [-0.2, 0) is 28.6 Å². The minimum Gasteiger partial charge on any atom is -0.462 e. The van der Waals surface area contributed by atoms with E-state index in [-0.39, 0.29) is 37.5 Å². The highest BCUT2D eigenvalue weighted by atomic mass is 16.6. The maximum atomic E-state index is 12.8. The molecule has 0 aromatic carbocycles. The SMILES string of the molecule is CC/C=C\C/C=C\C/C=C\C/C=C\C/C=C\CCCCCC(=O)O[C@@H](COC(=O)CCCC/C=C\C/C=C\C/C=C\CCCCC)COC(=O)CCCCCCC/C=C\C/C=C\C/C=C\CC. The molecule has 6 heteroatoms. The van der Waals surface area contributed by atoms with E-state index >= 15 is 0 Å². The molecule has 0 saturated heterocycles. The molecule has 67 heavy (non-hydrogen) atoms. The number of ether oxygens (including phenoxy) is 3. The second kappa shape index (κ2) is 54.2. The highest BCUT2D eigenvalue weighted by Gasteiger charge is 2.19. The predicted octanol–water partition coefficient (Wildman–Crippen LogP) is 17.9. The van der Waals surface area contributed by atoms with Crippen LogP contribution in [0.5, 0.6) is 0 Å². The molecular formula is C61H96O6. The number of carbonyl (C=O) groups excluding carboxylic acids is 3. The highest BCUT2D eigenvalue weighted by Crippen LogP contribution is 2.12. The van der Waals surface area contributed by atoms with E-state index < -0.39 is 6.10 Å². The van der Waals surface area contributed by atoms with Crippen LogP contribution in [0.2, 0.25) is 0 Å². The first-order valence-electron chi connectivity index (χ1n) is 26.7. The smallest absolute Gasteiger partial charge is 0.306 e. The molecule has 6 nitrogen and oxygen atoms in total. The number of rotatable bonds is 46. The normalized spacial score (nSPS) is 13.2. The number of hydrogen-bond donors (Lipinski definition) is 0. The Kier molecular flexibility index (Phi) is 50.6. The van der Waals surface area contributed by atoms with Gasteiger partial charge in [0.05, 0.1) is 0 Å². The fourth-order valence-electron chi connectivity index (χ4n) is 6.66. The van der Waals surface area contributed by atoms with Gasteiger partial charge >= 0.3 is 17.9 Å². The van der Waals surface area contributed by atoms with Crippen LogP contribution in [0.3, 0.4) is 0 Å². The Hall–Kier alpha value is -4.45. The molecular weight excluding hydrogens is 829 g/mol. The molecule has 0 spiro atoms. The van der Waals surface area contributed by atoms with Crippen LogP contribution in [0.25, 0.3) is 0 Å². The van der Waals surface area contributed by atoms with Crippen LogP contribution in [0.15, 0.2) is 134 Å². The van der Waals surface area contributed by atoms with Gasteiger partial charge in [-0.25, -0.2) is 0 Å². The summed E-state index contributed by atoms with van der Waals surface area (Å²) >= 11 is 0. The van der Waals surface area contributed by atoms with Gasteiger partial charge in [-0.1, -0.05) is 193 Å². The van der Waals surface area contributed by atoms with Gasteiger partial charge in [-0.05, 0) is 135 Å². The van der Waals surface area contributed by atoms with Crippen molar-refractivity contribution >= 4 is 17.9 Å². The Bertz CT molecular complexity index is 1480. The van der Waals surface area contributed by atoms with E-state index in [9.17, 15) is 14.4 Å². The van der Waals surface area contributed by atoms with E-state index in [1.165, 1.54) is 25.7 Å². The van der Waals surface area contributed by atoms with Crippen LogP contribution in [-0.4, -0.2) is 37.2 Å². The molecule has 0 radical (unpaired) electrons. The minimum absolute atomic E-state index is 0.118. The molecule has 1 atom stereocenters. The first-order valence-corrected chi connectivity index (χ1v) is 26.7. The van der Waals surface area contributed by atoms with Gasteiger partial charge in [-0.3, -0.25) is 14.4 Å². The molecule has 0 N–H and O–H groups in total. The molecule has 0 heterocycles. The van der Waals surface area contributed by atoms with E-state index in [1.807, 2.05) is 0 Å². The fraction of sp³-hybridized carbons (Fsp3) is 0.590. The summed E-state index contributed by atoms with van der Waals surface area (Å²) in [6.07, 6.45) is 75.8. The van der Waals surface area contributed by atoms with E-state index in [0.29, 0.717) is 25.7 Å². The topological polar surface area (TPSA) is 78.9 Å². The van der Waals surface area contributed by atoms with Crippen molar-refractivity contribution in [3.05, 3.63) is 134 Å². The minimum atomic E-state index is -0.823. The standard InChI is InChI=1S/C61H96O6/c1-4-7-10-13-16-19-22-25-28-29-30-31-34-37-40-43-46-49-52-55-61(64)67-58(56-65-59(62)53-50-47-44-41-38-35-32-26-23-20-17-14-11-8-5-2)57-66-60(63)54-51-48-45-42-39-36-33-27-24-21-18-15-12-9-6-3/h7-8,10-11,16-21,25-28,30-33,37,39-40,42,58H,4-6,9,12-15,22-24,29,34-36,38,41,43-57H2,1-3H3/b10-7-,11-8-,19-16-,20-17-,21-18-,28-25-,31-30-,32-26-,33-27-,40-37-,42-39-/t58-/m1/s1. The first kappa shape index (κ1) is 62.5. The van der Waals surface area contributed by atoms with E-state index in [4.69, 9.17) is 14.2 Å². The van der Waals surface area contributed by atoms with Gasteiger partial charge in [0.2, 0.25) is 0 Å². The van der Waals surface area contributed by atoms with Gasteiger partial charge in [0.15, 0.2) is 6.10 Å². The third-order valence-corrected chi connectivity index (χ3v) is 10.6. The zero-order valence-corrected chi connectivity index (χ0v) is 42.9. The van der Waals surface area contributed by atoms with Gasteiger partial charge in [-0.2, -0.15) is 0 Å². The number of carbonyl (C=O) groups is 3. The second-order valence-corrected chi connectivity index (χ2v) is 17.0. The summed E-state index contributed by atoms with van der Waals surface area (Å²) in [5, 5.41) is 0. The van der Waals surface area contributed by atoms with E-state index in [0.717, 1.165) is 135 Å². The number of unbranched alkanes of at least 4 members (excludes halogenated alkanes) is 13. The number of allylic oxidation sites excluding steroid dienone is 22. The van der Waals surface area contributed by atoms with Crippen molar-refractivity contribution in [1.29, 1.82) is 0 Å². The lowest BCUT2D eigenvalue weighted by atomic mass is 10.1. The van der Waals surface area contributed by atoms with E-state index in [1.54, 1.807) is 0 Å². The van der Waals surface area contributed by atoms with Crippen molar-refractivity contribution in [3.8, 4) is 0 Å². The molecule has 0 fully saturated rings. The molecule has 0 unspecified atom stereocenters. The van der Waals surface area contributed by atoms with Crippen LogP contribution >= 0.6 is 0 Å². The first-order chi connectivity index (χ1) is 33.0. The molecule has 0 aliphatic rings. The number of esters is 3. The molecule has 0 amide bonds. The van der Waals surface area contributed by atoms with Crippen molar-refractivity contribution in [3.63, 3.8) is 0 Å². The Morgan fingerprint density at radius 3 is 0.955 bits per heavy atom. The third kappa shape index (κ3) is 52.4. The summed E-state index contributed by atoms with van der Waals surface area (Å²) in [6.45, 7) is 6.29. The van der Waals surface area contributed by atoms with Crippen molar-refractivity contribution in [1.82, 2.24) is 0 Å². The molecule has 0 saturated carbocycles. The van der Waals surface area contributed by atoms with Gasteiger partial charge in [0.25, 0.3) is 0 Å². The number of hydrogen-bond acceptors (Lipinski definition) is 6. The van der Waals surface area contributed by atoms with Crippen molar-refractivity contribution in [2.45, 2.75) is 219 Å². The van der Waals surface area contributed by atoms with Crippen molar-refractivity contribution in [2.24, 2.45) is 0 Å². The molecule has 0 aliphatic carbocycles. The van der Waals surface area contributed by atoms with Crippen LogP contribution < -0.4 is 0 Å². The largest absolute Gasteiger partial charge is 0.462 e. The Balaban J connectivity index is 4.57. The molecule has 0 rings (SSSR count). The summed E-state index contributed by atoms with van der Waals surface area (Å²) in [7, 11) is 0. The van der Waals surface area contributed by atoms with Crippen molar-refractivity contribution < 1.29 is 28.6 Å². The van der Waals surface area contributed by atoms with Gasteiger partial charge < -0.3 is 14.2 Å². The summed E-state index contributed by atoms with van der Waals surface area (Å²) in [6, 6.07) is 0. The summed E-state index contributed by atoms with van der Waals surface area (Å²) in [5.74, 6) is -1.01. The summed E-state index contributed by atoms with van der Waals surface area (Å²) in [5.41, 5.74) is 0. The zero-order chi connectivity index (χ0) is 48.6. The lowest BCUT2D eigenvalue weighted by Crippen LogP contribution is -2.30. The lowest BCUT2D eigenvalue weighted by molar-refractivity contribution is -0.167. The molecule has 376 valence electrons. The lowest BCUT2D eigenvalue weighted by Gasteiger charge is -2.18. The Morgan fingerprint density at radius 2 is 0.582 bits per heavy atom. The predicted molar refractivity (Wildman–Crippen MR) is 288 cm³/mol. The Morgan fingerprint density at radius 1 is 0.313 bits per heavy atom. The zero-order valence-electron chi connectivity index (χ0n) is 42.9. The summed E-state index contributed by atoms with van der Waals surface area (Å²) in [4.78, 5) is 38.0. The van der Waals surface area contributed by atoms with Crippen molar-refractivity contribution in [2.75, 3.05) is 13.2 Å². The maximum Gasteiger partial charge on any atom is 0.306 e. The molecule has 0 aromatic rings. The van der Waals surface area contributed by atoms with Crippen LogP contribution in [0.1, 0.15) is 213 Å². The van der Waals surface area contributed by atoms with Gasteiger partial charge in [0.1, 0.15) is 13.2 Å². The monoisotopic (exact) mass is 925 g/mol. The van der Waals surface area contributed by atoms with Crippen LogP contribution in [0, 0.1) is 0 Å². The fourth-order valence-corrected chi connectivity index (χ4v) is 6.66. The third-order valence-electron chi connectivity index (χ3n) is 10.6. The molecule has 0 aliphatic heterocycles. The summed E-state index contributed by atoms with van der Waals surface area (Å²) < 4.78 is 16.7. The van der Waals surface area contributed by atoms with E-state index in [2.05, 4.69) is 154 Å². The van der Waals surface area contributed by atoms with Crippen LogP contribution in [0.4, 0.5) is 0 Å². The van der Waals surface area contributed by atoms with Gasteiger partial charge in [-0.15, -0.1) is 0 Å². The van der Waals surface area contributed by atoms with Gasteiger partial charge in [0, 0.05) is 19.3 Å². The highest BCUT2D eigenvalue weighted by molar-refractivity contribution is 5.71. The maximum absolute atomic E-state index is 12.8. The average Bonchev–Trinajstić information content (AvgIpc) is 3.33. The molecule has 0 aromatic heterocycles. The second-order valence-electron chi connectivity index (χ2n) is 17.0.